The van der Waals surface area contributed by atoms with Crippen LogP contribution < -0.4 is 10.0 Å². The molecule has 3 N–H and O–H groups in total. The molecule has 0 heterocycles. The van der Waals surface area contributed by atoms with Gasteiger partial charge in [0.25, 0.3) is 5.91 Å². The van der Waals surface area contributed by atoms with E-state index in [1.165, 1.54) is 18.2 Å². The Morgan fingerprint density at radius 3 is 2.38 bits per heavy atom. The molecule has 0 aliphatic carbocycles. The second-order valence-electron chi connectivity index (χ2n) is 6.76. The van der Waals surface area contributed by atoms with Crippen LogP contribution in [0.1, 0.15) is 27.0 Å². The van der Waals surface area contributed by atoms with Crippen LogP contribution in [0.15, 0.2) is 71.6 Å². The summed E-state index contributed by atoms with van der Waals surface area (Å²) in [6, 6.07) is 18.4. The number of carbonyl (C=O) groups excluding carboxylic acids is 1. The Labute approximate surface area is 170 Å². The van der Waals surface area contributed by atoms with Gasteiger partial charge in [0, 0.05) is 12.1 Å². The van der Waals surface area contributed by atoms with Crippen molar-refractivity contribution in [2.75, 3.05) is 5.32 Å². The lowest BCUT2D eigenvalue weighted by molar-refractivity contribution is 0.102. The Morgan fingerprint density at radius 2 is 1.69 bits per heavy atom. The van der Waals surface area contributed by atoms with Gasteiger partial charge in [0.2, 0.25) is 10.0 Å². The smallest absolute Gasteiger partial charge is 0.256 e. The minimum Gasteiger partial charge on any atom is -0.506 e. The van der Waals surface area contributed by atoms with Crippen LogP contribution in [0.4, 0.5) is 5.69 Å². The van der Waals surface area contributed by atoms with Crippen molar-refractivity contribution in [3.63, 3.8) is 0 Å². The second kappa shape index (κ2) is 8.46. The molecule has 0 aromatic heterocycles. The van der Waals surface area contributed by atoms with Gasteiger partial charge in [0.15, 0.2) is 0 Å². The largest absolute Gasteiger partial charge is 0.506 e. The highest BCUT2D eigenvalue weighted by Crippen LogP contribution is 2.25. The third kappa shape index (κ3) is 5.01. The van der Waals surface area contributed by atoms with Gasteiger partial charge in [-0.2, -0.15) is 0 Å². The lowest BCUT2D eigenvalue weighted by atomic mass is 10.1. The maximum absolute atomic E-state index is 12.7. The summed E-state index contributed by atoms with van der Waals surface area (Å²) in [5, 5.41) is 12.6. The van der Waals surface area contributed by atoms with Gasteiger partial charge < -0.3 is 10.4 Å². The summed E-state index contributed by atoms with van der Waals surface area (Å²) in [5.41, 5.74) is 2.78. The maximum Gasteiger partial charge on any atom is 0.256 e. The fourth-order valence-corrected chi connectivity index (χ4v) is 3.85. The summed E-state index contributed by atoms with van der Waals surface area (Å²) >= 11 is 0. The number of phenols is 1. The van der Waals surface area contributed by atoms with Crippen molar-refractivity contribution in [3.05, 3.63) is 89.0 Å². The number of carbonyl (C=O) groups is 1. The molecule has 0 atom stereocenters. The minimum absolute atomic E-state index is 0.00249. The first-order valence-corrected chi connectivity index (χ1v) is 10.5. The Kier molecular flexibility index (Phi) is 6.00. The molecule has 29 heavy (non-hydrogen) atoms. The molecule has 0 saturated carbocycles. The van der Waals surface area contributed by atoms with Crippen molar-refractivity contribution in [2.24, 2.45) is 0 Å². The van der Waals surface area contributed by atoms with E-state index in [1.54, 1.807) is 25.1 Å². The third-order valence-electron chi connectivity index (χ3n) is 4.47. The molecule has 0 spiro atoms. The summed E-state index contributed by atoms with van der Waals surface area (Å²) in [6.45, 7) is 3.69. The molecule has 6 nitrogen and oxygen atoms in total. The first kappa shape index (κ1) is 20.6. The van der Waals surface area contributed by atoms with E-state index in [2.05, 4.69) is 10.0 Å². The third-order valence-corrected chi connectivity index (χ3v) is 5.87. The fraction of sp³-hybridized carbons (Fsp3) is 0.136. The number of aryl methyl sites for hydroxylation is 2. The van der Waals surface area contributed by atoms with E-state index in [0.29, 0.717) is 5.56 Å². The molecular formula is C22H22N2O4S. The Balaban J connectivity index is 1.82. The molecule has 0 aliphatic heterocycles. The van der Waals surface area contributed by atoms with Crippen LogP contribution in [0.2, 0.25) is 0 Å². The van der Waals surface area contributed by atoms with Crippen molar-refractivity contribution < 1.29 is 18.3 Å². The minimum atomic E-state index is -3.80. The number of phenolic OH excluding ortho intramolecular Hbond substituents is 1. The lowest BCUT2D eigenvalue weighted by Gasteiger charge is -2.12. The second-order valence-corrected chi connectivity index (χ2v) is 8.53. The SMILES string of the molecule is Cc1ccc(NC(=O)c2cc(S(=O)(=O)NCc3ccccc3)ccc2C)c(O)c1. The van der Waals surface area contributed by atoms with Gasteiger partial charge in [-0.05, 0) is 54.8 Å². The molecule has 3 aromatic carbocycles. The van der Waals surface area contributed by atoms with E-state index >= 15 is 0 Å². The summed E-state index contributed by atoms with van der Waals surface area (Å²) in [4.78, 5) is 12.7. The molecule has 0 fully saturated rings. The van der Waals surface area contributed by atoms with E-state index in [9.17, 15) is 18.3 Å². The number of sulfonamides is 1. The summed E-state index contributed by atoms with van der Waals surface area (Å²) in [7, 11) is -3.80. The Hall–Kier alpha value is -3.16. The Morgan fingerprint density at radius 1 is 0.966 bits per heavy atom. The average Bonchev–Trinajstić information content (AvgIpc) is 2.69. The van der Waals surface area contributed by atoms with Gasteiger partial charge >= 0.3 is 0 Å². The summed E-state index contributed by atoms with van der Waals surface area (Å²) < 4.78 is 27.9. The Bertz CT molecular complexity index is 1140. The highest BCUT2D eigenvalue weighted by atomic mass is 32.2. The first-order chi connectivity index (χ1) is 13.8. The van der Waals surface area contributed by atoms with Crippen LogP contribution in [-0.2, 0) is 16.6 Å². The van der Waals surface area contributed by atoms with E-state index in [-0.39, 0.29) is 28.4 Å². The molecule has 0 aliphatic rings. The van der Waals surface area contributed by atoms with E-state index in [1.807, 2.05) is 37.3 Å². The van der Waals surface area contributed by atoms with Crippen LogP contribution in [0.3, 0.4) is 0 Å². The highest BCUT2D eigenvalue weighted by Gasteiger charge is 2.18. The number of benzene rings is 3. The van der Waals surface area contributed by atoms with Crippen molar-refractivity contribution in [2.45, 2.75) is 25.3 Å². The molecule has 150 valence electrons. The summed E-state index contributed by atoms with van der Waals surface area (Å²) in [6.07, 6.45) is 0. The van der Waals surface area contributed by atoms with Crippen molar-refractivity contribution in [1.29, 1.82) is 0 Å². The van der Waals surface area contributed by atoms with Gasteiger partial charge in [0.05, 0.1) is 10.6 Å². The number of anilines is 1. The molecule has 1 amide bonds. The van der Waals surface area contributed by atoms with Crippen LogP contribution in [0.25, 0.3) is 0 Å². The van der Waals surface area contributed by atoms with E-state index in [4.69, 9.17) is 0 Å². The van der Waals surface area contributed by atoms with E-state index in [0.717, 1.165) is 11.1 Å². The zero-order valence-corrected chi connectivity index (χ0v) is 17.0. The van der Waals surface area contributed by atoms with Gasteiger partial charge in [0.1, 0.15) is 5.75 Å². The first-order valence-electron chi connectivity index (χ1n) is 9.01. The van der Waals surface area contributed by atoms with Gasteiger partial charge in [-0.25, -0.2) is 13.1 Å². The standard InChI is InChI=1S/C22H22N2O4S/c1-15-8-11-20(21(25)12-15)24-22(26)19-13-18(10-9-16(19)2)29(27,28)23-14-17-6-4-3-5-7-17/h3-13,23,25H,14H2,1-2H3,(H,24,26). The number of aromatic hydroxyl groups is 1. The van der Waals surface area contributed by atoms with Crippen LogP contribution in [-0.4, -0.2) is 19.4 Å². The molecule has 3 rings (SSSR count). The van der Waals surface area contributed by atoms with Crippen molar-refractivity contribution in [3.8, 4) is 5.75 Å². The molecule has 0 bridgehead atoms. The molecular weight excluding hydrogens is 388 g/mol. The number of hydrogen-bond donors (Lipinski definition) is 3. The normalized spacial score (nSPS) is 11.2. The molecule has 7 heteroatoms. The van der Waals surface area contributed by atoms with Crippen LogP contribution in [0.5, 0.6) is 5.75 Å². The van der Waals surface area contributed by atoms with Gasteiger partial charge in [-0.1, -0.05) is 42.5 Å². The zero-order chi connectivity index (χ0) is 21.0. The number of rotatable bonds is 6. The number of nitrogens with one attached hydrogen (secondary N) is 2. The topological polar surface area (TPSA) is 95.5 Å². The van der Waals surface area contributed by atoms with Crippen molar-refractivity contribution >= 4 is 21.6 Å². The zero-order valence-electron chi connectivity index (χ0n) is 16.1. The van der Waals surface area contributed by atoms with Gasteiger partial charge in [-0.15, -0.1) is 0 Å². The lowest BCUT2D eigenvalue weighted by Crippen LogP contribution is -2.24. The van der Waals surface area contributed by atoms with E-state index < -0.39 is 15.9 Å². The van der Waals surface area contributed by atoms with Crippen LogP contribution >= 0.6 is 0 Å². The maximum atomic E-state index is 12.7. The number of amides is 1. The molecule has 0 radical (unpaired) electrons. The molecule has 3 aromatic rings. The quantitative estimate of drug-likeness (QED) is 0.540. The fourth-order valence-electron chi connectivity index (χ4n) is 2.81. The monoisotopic (exact) mass is 410 g/mol. The van der Waals surface area contributed by atoms with Crippen molar-refractivity contribution in [1.82, 2.24) is 4.72 Å². The van der Waals surface area contributed by atoms with Crippen LogP contribution in [0, 0.1) is 13.8 Å². The molecule has 0 saturated heterocycles. The summed E-state index contributed by atoms with van der Waals surface area (Å²) in [5.74, 6) is -0.550. The molecule has 0 unspecified atom stereocenters. The highest BCUT2D eigenvalue weighted by molar-refractivity contribution is 7.89. The average molecular weight is 410 g/mol. The number of hydrogen-bond acceptors (Lipinski definition) is 4. The predicted molar refractivity (Wildman–Crippen MR) is 112 cm³/mol. The van der Waals surface area contributed by atoms with Gasteiger partial charge in [-0.3, -0.25) is 4.79 Å². The predicted octanol–water partition coefficient (Wildman–Crippen LogP) is 3.74.